The zero-order chi connectivity index (χ0) is 21.8. The number of anilines is 1. The second-order valence-electron chi connectivity index (χ2n) is 8.02. The minimum Gasteiger partial charge on any atom is -0.389 e. The van der Waals surface area contributed by atoms with Gasteiger partial charge in [-0.05, 0) is 49.8 Å². The predicted octanol–water partition coefficient (Wildman–Crippen LogP) is 3.48. The van der Waals surface area contributed by atoms with Crippen molar-refractivity contribution < 1.29 is 15.0 Å². The SMILES string of the molecule is CN(C)c1ccc(CCC(O)C=CC=CC=CC(O)CCC(=O)N2CCCC2)cc1. The van der Waals surface area contributed by atoms with Crippen molar-refractivity contribution in [3.8, 4) is 0 Å². The molecule has 164 valence electrons. The normalized spacial score (nSPS) is 16.7. The number of allylic oxidation sites excluding steroid dienone is 4. The van der Waals surface area contributed by atoms with Crippen LogP contribution in [-0.2, 0) is 11.2 Å². The summed E-state index contributed by atoms with van der Waals surface area (Å²) in [6.07, 6.45) is 14.1. The fourth-order valence-corrected chi connectivity index (χ4v) is 3.38. The van der Waals surface area contributed by atoms with Gasteiger partial charge in [-0.1, -0.05) is 48.6 Å². The van der Waals surface area contributed by atoms with E-state index in [-0.39, 0.29) is 5.91 Å². The molecule has 1 heterocycles. The van der Waals surface area contributed by atoms with E-state index < -0.39 is 12.2 Å². The molecule has 2 N–H and O–H groups in total. The Morgan fingerprint density at radius 1 is 0.967 bits per heavy atom. The summed E-state index contributed by atoms with van der Waals surface area (Å²) in [5.74, 6) is 0.140. The first-order valence-corrected chi connectivity index (χ1v) is 10.9. The first-order valence-electron chi connectivity index (χ1n) is 10.9. The molecule has 1 aliphatic rings. The van der Waals surface area contributed by atoms with Crippen LogP contribution in [0.1, 0.15) is 37.7 Å². The lowest BCUT2D eigenvalue weighted by Gasteiger charge is -2.15. The summed E-state index contributed by atoms with van der Waals surface area (Å²) < 4.78 is 0. The van der Waals surface area contributed by atoms with E-state index in [9.17, 15) is 15.0 Å². The Morgan fingerprint density at radius 3 is 2.10 bits per heavy atom. The number of aliphatic hydroxyl groups excluding tert-OH is 2. The molecule has 0 aromatic heterocycles. The van der Waals surface area contributed by atoms with Gasteiger partial charge in [-0.2, -0.15) is 0 Å². The van der Waals surface area contributed by atoms with E-state index >= 15 is 0 Å². The zero-order valence-corrected chi connectivity index (χ0v) is 18.3. The Bertz CT molecular complexity index is 716. The highest BCUT2D eigenvalue weighted by atomic mass is 16.3. The van der Waals surface area contributed by atoms with Gasteiger partial charge in [0, 0.05) is 39.3 Å². The number of aliphatic hydroxyl groups is 2. The van der Waals surface area contributed by atoms with Gasteiger partial charge >= 0.3 is 0 Å². The molecule has 1 fully saturated rings. The van der Waals surface area contributed by atoms with Crippen LogP contribution in [0.15, 0.2) is 60.7 Å². The maximum absolute atomic E-state index is 12.0. The fraction of sp³-hybridized carbons (Fsp3) is 0.480. The molecular weight excluding hydrogens is 376 g/mol. The lowest BCUT2D eigenvalue weighted by molar-refractivity contribution is -0.130. The largest absolute Gasteiger partial charge is 0.389 e. The third-order valence-electron chi connectivity index (χ3n) is 5.29. The lowest BCUT2D eigenvalue weighted by Crippen LogP contribution is -2.28. The number of hydrogen-bond acceptors (Lipinski definition) is 4. The third kappa shape index (κ3) is 8.97. The molecule has 0 spiro atoms. The second kappa shape index (κ2) is 13.0. The molecule has 5 nitrogen and oxygen atoms in total. The minimum absolute atomic E-state index is 0.140. The molecule has 2 unspecified atom stereocenters. The molecular formula is C25H36N2O3. The number of aryl methyl sites for hydroxylation is 1. The molecule has 2 atom stereocenters. The highest BCUT2D eigenvalue weighted by Gasteiger charge is 2.17. The molecule has 1 saturated heterocycles. The molecule has 30 heavy (non-hydrogen) atoms. The van der Waals surface area contributed by atoms with Gasteiger partial charge in [0.05, 0.1) is 12.2 Å². The molecule has 0 radical (unpaired) electrons. The smallest absolute Gasteiger partial charge is 0.222 e. The van der Waals surface area contributed by atoms with E-state index in [1.165, 1.54) is 11.3 Å². The van der Waals surface area contributed by atoms with Gasteiger partial charge in [0.2, 0.25) is 5.91 Å². The van der Waals surface area contributed by atoms with Gasteiger partial charge in [0.1, 0.15) is 0 Å². The van der Waals surface area contributed by atoms with Crippen molar-refractivity contribution in [3.05, 3.63) is 66.3 Å². The summed E-state index contributed by atoms with van der Waals surface area (Å²) in [5, 5.41) is 20.0. The van der Waals surface area contributed by atoms with Gasteiger partial charge < -0.3 is 20.0 Å². The van der Waals surface area contributed by atoms with Crippen molar-refractivity contribution in [1.29, 1.82) is 0 Å². The number of likely N-dealkylation sites (tertiary alicyclic amines) is 1. The van der Waals surface area contributed by atoms with Gasteiger partial charge in [-0.15, -0.1) is 0 Å². The number of amides is 1. The number of rotatable bonds is 11. The number of nitrogens with zero attached hydrogens (tertiary/aromatic N) is 2. The van der Waals surface area contributed by atoms with Gasteiger partial charge in [0.25, 0.3) is 0 Å². The van der Waals surface area contributed by atoms with E-state index in [4.69, 9.17) is 0 Å². The van der Waals surface area contributed by atoms with Crippen molar-refractivity contribution in [2.75, 3.05) is 32.1 Å². The highest BCUT2D eigenvalue weighted by molar-refractivity contribution is 5.76. The van der Waals surface area contributed by atoms with Crippen LogP contribution in [-0.4, -0.2) is 60.4 Å². The molecule has 1 amide bonds. The monoisotopic (exact) mass is 412 g/mol. The number of carbonyl (C=O) groups is 1. The average molecular weight is 413 g/mol. The van der Waals surface area contributed by atoms with Gasteiger partial charge in [-0.3, -0.25) is 4.79 Å². The number of benzene rings is 1. The van der Waals surface area contributed by atoms with Crippen molar-refractivity contribution in [2.24, 2.45) is 0 Å². The van der Waals surface area contributed by atoms with Crippen LogP contribution in [0, 0.1) is 0 Å². The standard InChI is InChI=1S/C25H36N2O3/c1-26(2)22-14-11-21(12-15-22)13-16-23(28)9-5-3-4-6-10-24(29)17-18-25(30)27-19-7-8-20-27/h3-6,9-12,14-15,23-24,28-29H,7-8,13,16-20H2,1-2H3. The van der Waals surface area contributed by atoms with Crippen molar-refractivity contribution in [2.45, 2.75) is 50.7 Å². The van der Waals surface area contributed by atoms with Crippen molar-refractivity contribution in [3.63, 3.8) is 0 Å². The summed E-state index contributed by atoms with van der Waals surface area (Å²) in [7, 11) is 4.03. The van der Waals surface area contributed by atoms with Crippen molar-refractivity contribution >= 4 is 11.6 Å². The van der Waals surface area contributed by atoms with E-state index in [0.717, 1.165) is 32.4 Å². The van der Waals surface area contributed by atoms with Crippen LogP contribution < -0.4 is 4.90 Å². The Kier molecular flexibility index (Phi) is 10.4. The van der Waals surface area contributed by atoms with E-state index in [1.54, 1.807) is 18.2 Å². The molecule has 0 aliphatic carbocycles. The van der Waals surface area contributed by atoms with E-state index in [1.807, 2.05) is 37.2 Å². The summed E-state index contributed by atoms with van der Waals surface area (Å²) in [6.45, 7) is 1.71. The number of carbonyl (C=O) groups excluding carboxylic acids is 1. The van der Waals surface area contributed by atoms with Gasteiger partial charge in [0.15, 0.2) is 0 Å². The topological polar surface area (TPSA) is 64.0 Å². The van der Waals surface area contributed by atoms with Gasteiger partial charge in [-0.25, -0.2) is 0 Å². The van der Waals surface area contributed by atoms with Crippen LogP contribution in [0.2, 0.25) is 0 Å². The summed E-state index contributed by atoms with van der Waals surface area (Å²) in [5.41, 5.74) is 2.38. The Balaban J connectivity index is 1.61. The molecule has 1 aromatic rings. The average Bonchev–Trinajstić information content (AvgIpc) is 3.28. The lowest BCUT2D eigenvalue weighted by atomic mass is 10.1. The maximum Gasteiger partial charge on any atom is 0.222 e. The van der Waals surface area contributed by atoms with E-state index in [0.29, 0.717) is 19.3 Å². The molecule has 0 bridgehead atoms. The minimum atomic E-state index is -0.616. The van der Waals surface area contributed by atoms with E-state index in [2.05, 4.69) is 29.2 Å². The quantitative estimate of drug-likeness (QED) is 0.546. The highest BCUT2D eigenvalue weighted by Crippen LogP contribution is 2.14. The van der Waals surface area contributed by atoms with Crippen LogP contribution >= 0.6 is 0 Å². The first kappa shape index (κ1) is 23.9. The van der Waals surface area contributed by atoms with Crippen molar-refractivity contribution in [1.82, 2.24) is 4.90 Å². The Hall–Kier alpha value is -2.37. The molecule has 1 aliphatic heterocycles. The third-order valence-corrected chi connectivity index (χ3v) is 5.29. The second-order valence-corrected chi connectivity index (χ2v) is 8.02. The summed E-state index contributed by atoms with van der Waals surface area (Å²) in [4.78, 5) is 15.9. The van der Waals surface area contributed by atoms with Crippen LogP contribution in [0.25, 0.3) is 0 Å². The van der Waals surface area contributed by atoms with Crippen LogP contribution in [0.5, 0.6) is 0 Å². The van der Waals surface area contributed by atoms with Crippen LogP contribution in [0.4, 0.5) is 5.69 Å². The Labute approximate surface area is 181 Å². The Morgan fingerprint density at radius 2 is 1.53 bits per heavy atom. The summed E-state index contributed by atoms with van der Waals surface area (Å²) in [6, 6.07) is 8.37. The molecule has 1 aromatic carbocycles. The fourth-order valence-electron chi connectivity index (χ4n) is 3.38. The molecule has 5 heteroatoms. The van der Waals surface area contributed by atoms with Crippen LogP contribution in [0.3, 0.4) is 0 Å². The molecule has 2 rings (SSSR count). The zero-order valence-electron chi connectivity index (χ0n) is 18.3. The number of hydrogen-bond donors (Lipinski definition) is 2. The maximum atomic E-state index is 12.0. The summed E-state index contributed by atoms with van der Waals surface area (Å²) >= 11 is 0. The first-order chi connectivity index (χ1) is 14.5. The molecule has 0 saturated carbocycles. The predicted molar refractivity (Wildman–Crippen MR) is 124 cm³/mol.